The Hall–Kier alpha value is -1.86. The van der Waals surface area contributed by atoms with E-state index < -0.39 is 0 Å². The van der Waals surface area contributed by atoms with E-state index in [-0.39, 0.29) is 18.8 Å². The number of aliphatic hydroxyl groups excluding tert-OH is 1. The van der Waals surface area contributed by atoms with Crippen LogP contribution in [0.25, 0.3) is 0 Å². The summed E-state index contributed by atoms with van der Waals surface area (Å²) in [4.78, 5) is 3.85. The van der Waals surface area contributed by atoms with Gasteiger partial charge in [-0.1, -0.05) is 6.58 Å². The van der Waals surface area contributed by atoms with Gasteiger partial charge in [0.15, 0.2) is 5.84 Å². The summed E-state index contributed by atoms with van der Waals surface area (Å²) in [6.07, 6.45) is 3.94. The topological polar surface area (TPSA) is 109 Å². The number of hydrogen-bond acceptors (Lipinski definition) is 7. The number of aliphatic hydroxyl groups is 1. The van der Waals surface area contributed by atoms with E-state index in [1.807, 2.05) is 0 Å². The lowest BCUT2D eigenvalue weighted by Gasteiger charge is -2.28. The van der Waals surface area contributed by atoms with Gasteiger partial charge in [0, 0.05) is 6.20 Å². The van der Waals surface area contributed by atoms with Crippen LogP contribution in [0.1, 0.15) is 12.8 Å². The Labute approximate surface area is 105 Å². The Morgan fingerprint density at radius 3 is 3.06 bits per heavy atom. The first-order chi connectivity index (χ1) is 8.67. The van der Waals surface area contributed by atoms with Gasteiger partial charge in [-0.2, -0.15) is 5.10 Å². The zero-order valence-electron chi connectivity index (χ0n) is 9.99. The van der Waals surface area contributed by atoms with Crippen LogP contribution in [0, 0.1) is 0 Å². The summed E-state index contributed by atoms with van der Waals surface area (Å²) in [5, 5.41) is 14.7. The number of amidine groups is 1. The van der Waals surface area contributed by atoms with Crippen LogP contribution in [0.4, 0.5) is 0 Å². The quantitative estimate of drug-likeness (QED) is 0.624. The van der Waals surface area contributed by atoms with E-state index in [0.717, 1.165) is 12.8 Å². The molecule has 2 aliphatic rings. The third kappa shape index (κ3) is 2.22. The molecule has 5 N–H and O–H groups in total. The van der Waals surface area contributed by atoms with Crippen LogP contribution in [0.15, 0.2) is 34.3 Å². The second-order valence-corrected chi connectivity index (χ2v) is 4.10. The Kier molecular flexibility index (Phi) is 3.63. The smallest absolute Gasteiger partial charge is 0.150 e. The lowest BCUT2D eigenvalue weighted by atomic mass is 10.1. The Morgan fingerprint density at radius 2 is 2.44 bits per heavy atom. The number of rotatable bonds is 3. The number of ether oxygens (including phenoxy) is 1. The van der Waals surface area contributed by atoms with E-state index in [1.54, 1.807) is 0 Å². The molecule has 98 valence electrons. The molecule has 7 heteroatoms. The molecule has 0 spiro atoms. The lowest BCUT2D eigenvalue weighted by molar-refractivity contribution is 0.0180. The average molecular weight is 251 g/mol. The minimum atomic E-state index is -0.216. The van der Waals surface area contributed by atoms with Crippen molar-refractivity contribution in [1.82, 2.24) is 5.01 Å². The van der Waals surface area contributed by atoms with Crippen molar-refractivity contribution in [3.05, 3.63) is 24.2 Å². The third-order valence-electron chi connectivity index (χ3n) is 2.97. The molecule has 0 unspecified atom stereocenters. The van der Waals surface area contributed by atoms with E-state index in [2.05, 4.69) is 16.7 Å². The average Bonchev–Trinajstić information content (AvgIpc) is 2.84. The van der Waals surface area contributed by atoms with Gasteiger partial charge in [0.05, 0.1) is 18.4 Å². The zero-order valence-corrected chi connectivity index (χ0v) is 9.99. The lowest BCUT2D eigenvalue weighted by Crippen LogP contribution is -2.34. The maximum Gasteiger partial charge on any atom is 0.150 e. The number of hydrazone groups is 1. The third-order valence-corrected chi connectivity index (χ3v) is 2.97. The fraction of sp³-hybridized carbons (Fsp3) is 0.455. The normalized spacial score (nSPS) is 28.7. The Bertz CT molecular complexity index is 429. The first-order valence-electron chi connectivity index (χ1n) is 5.70. The highest BCUT2D eigenvalue weighted by molar-refractivity contribution is 6.01. The van der Waals surface area contributed by atoms with Gasteiger partial charge in [0.1, 0.15) is 18.1 Å². The molecule has 1 fully saturated rings. The van der Waals surface area contributed by atoms with Gasteiger partial charge in [0.2, 0.25) is 0 Å². The second kappa shape index (κ2) is 5.19. The minimum Gasteiger partial charge on any atom is -0.403 e. The van der Waals surface area contributed by atoms with Crippen LogP contribution in [0.5, 0.6) is 0 Å². The van der Waals surface area contributed by atoms with E-state index in [9.17, 15) is 0 Å². The van der Waals surface area contributed by atoms with Crippen molar-refractivity contribution >= 4 is 12.2 Å². The largest absolute Gasteiger partial charge is 0.403 e. The van der Waals surface area contributed by atoms with Crippen molar-refractivity contribution in [2.45, 2.75) is 25.0 Å². The van der Waals surface area contributed by atoms with Crippen molar-refractivity contribution < 1.29 is 9.84 Å². The fourth-order valence-corrected chi connectivity index (χ4v) is 1.99. The number of aliphatic imine (C=N–C) groups is 1. The first-order valence-corrected chi connectivity index (χ1v) is 5.70. The minimum absolute atomic E-state index is 0.00215. The summed E-state index contributed by atoms with van der Waals surface area (Å²) in [5.41, 5.74) is 12.4. The number of nitrogens with zero attached hydrogens (tertiary/aromatic N) is 3. The van der Waals surface area contributed by atoms with Gasteiger partial charge in [0.25, 0.3) is 0 Å². The van der Waals surface area contributed by atoms with Gasteiger partial charge >= 0.3 is 0 Å². The summed E-state index contributed by atoms with van der Waals surface area (Å²) >= 11 is 0. The Morgan fingerprint density at radius 1 is 1.67 bits per heavy atom. The van der Waals surface area contributed by atoms with Gasteiger partial charge in [-0.05, 0) is 12.8 Å². The summed E-state index contributed by atoms with van der Waals surface area (Å²) in [6, 6.07) is 0. The molecular weight excluding hydrogens is 234 g/mol. The number of nitrogens with two attached hydrogens (primary N) is 2. The van der Waals surface area contributed by atoms with Crippen LogP contribution < -0.4 is 11.5 Å². The van der Waals surface area contributed by atoms with E-state index in [0.29, 0.717) is 17.2 Å². The van der Waals surface area contributed by atoms with Gasteiger partial charge < -0.3 is 21.3 Å². The SMILES string of the molecule is C=C1C(N)=NC=NN1/C(=C\N)[C@H]1CC[C@@H](CO)O1. The molecule has 0 aromatic rings. The highest BCUT2D eigenvalue weighted by Crippen LogP contribution is 2.29. The summed E-state index contributed by atoms with van der Waals surface area (Å²) in [7, 11) is 0. The van der Waals surface area contributed by atoms with Crippen molar-refractivity contribution in [2.24, 2.45) is 21.6 Å². The van der Waals surface area contributed by atoms with Gasteiger partial charge in [-0.25, -0.2) is 10.0 Å². The van der Waals surface area contributed by atoms with Crippen LogP contribution in [-0.2, 0) is 4.74 Å². The van der Waals surface area contributed by atoms with E-state index in [1.165, 1.54) is 17.5 Å². The highest BCUT2D eigenvalue weighted by atomic mass is 16.5. The van der Waals surface area contributed by atoms with E-state index >= 15 is 0 Å². The molecule has 0 radical (unpaired) electrons. The zero-order chi connectivity index (χ0) is 13.1. The summed E-state index contributed by atoms with van der Waals surface area (Å²) in [5.74, 6) is 0.293. The van der Waals surface area contributed by atoms with E-state index in [4.69, 9.17) is 21.3 Å². The van der Waals surface area contributed by atoms with Crippen LogP contribution in [0.3, 0.4) is 0 Å². The second-order valence-electron chi connectivity index (χ2n) is 4.10. The van der Waals surface area contributed by atoms with Crippen molar-refractivity contribution in [2.75, 3.05) is 6.61 Å². The molecule has 0 aromatic heterocycles. The summed E-state index contributed by atoms with van der Waals surface area (Å²) in [6.45, 7) is 3.81. The highest BCUT2D eigenvalue weighted by Gasteiger charge is 2.32. The molecule has 0 amide bonds. The number of hydrogen-bond donors (Lipinski definition) is 3. The Balaban J connectivity index is 2.14. The van der Waals surface area contributed by atoms with Crippen molar-refractivity contribution in [1.29, 1.82) is 0 Å². The van der Waals surface area contributed by atoms with Gasteiger partial charge in [-0.15, -0.1) is 0 Å². The standard InChI is InChI=1S/C11H17N5O2/c1-7-11(13)14-6-15-16(7)9(4-12)10-3-2-8(5-17)18-10/h4,6,8,10,17H,1-3,5,12H2,(H2,13,14,15)/b9-4-/t8-,10+/m0/s1. The molecule has 2 aliphatic heterocycles. The van der Waals surface area contributed by atoms with Crippen LogP contribution in [-0.4, -0.2) is 41.1 Å². The maximum absolute atomic E-state index is 9.07. The first kappa shape index (κ1) is 12.6. The van der Waals surface area contributed by atoms with Crippen LogP contribution in [0.2, 0.25) is 0 Å². The predicted octanol–water partition coefficient (Wildman–Crippen LogP) is -0.544. The molecule has 18 heavy (non-hydrogen) atoms. The van der Waals surface area contributed by atoms with Crippen molar-refractivity contribution in [3.8, 4) is 0 Å². The molecule has 2 atom stereocenters. The molecule has 0 aliphatic carbocycles. The molecule has 2 rings (SSSR count). The molecule has 1 saturated heterocycles. The predicted molar refractivity (Wildman–Crippen MR) is 68.3 cm³/mol. The molecule has 0 bridgehead atoms. The fourth-order valence-electron chi connectivity index (χ4n) is 1.99. The molecule has 7 nitrogen and oxygen atoms in total. The molecule has 0 aromatic carbocycles. The van der Waals surface area contributed by atoms with Gasteiger partial charge in [-0.3, -0.25) is 0 Å². The molecule has 0 saturated carbocycles. The van der Waals surface area contributed by atoms with Crippen LogP contribution >= 0.6 is 0 Å². The monoisotopic (exact) mass is 251 g/mol. The molecular formula is C11H17N5O2. The molecule has 2 heterocycles. The van der Waals surface area contributed by atoms with Crippen molar-refractivity contribution in [3.63, 3.8) is 0 Å². The maximum atomic E-state index is 9.07. The summed E-state index contributed by atoms with van der Waals surface area (Å²) < 4.78 is 5.66.